The van der Waals surface area contributed by atoms with E-state index in [9.17, 15) is 13.2 Å². The number of methoxy groups -OCH3 is 1. The summed E-state index contributed by atoms with van der Waals surface area (Å²) >= 11 is 0. The number of aryl methyl sites for hydroxylation is 1. The summed E-state index contributed by atoms with van der Waals surface area (Å²) in [4.78, 5) is 18.7. The molecule has 2 aliphatic heterocycles. The van der Waals surface area contributed by atoms with Gasteiger partial charge in [-0.3, -0.25) is 4.79 Å². The smallest absolute Gasteiger partial charge is 0.314 e. The van der Waals surface area contributed by atoms with Crippen LogP contribution in [-0.4, -0.2) is 71.3 Å². The number of ether oxygens (including phenoxy) is 1. The molecule has 4 rings (SSSR count). The van der Waals surface area contributed by atoms with Crippen LogP contribution >= 0.6 is 0 Å². The molecule has 0 saturated carbocycles. The predicted octanol–water partition coefficient (Wildman–Crippen LogP) is 0.528. The molecule has 3 heterocycles. The highest BCUT2D eigenvalue weighted by Gasteiger charge is 2.51. The second-order valence-electron chi connectivity index (χ2n) is 7.37. The molecule has 150 valence electrons. The lowest BCUT2D eigenvalue weighted by atomic mass is 9.90. The molecule has 3 atom stereocenters. The Bertz CT molecular complexity index is 991. The van der Waals surface area contributed by atoms with E-state index in [0.717, 1.165) is 5.56 Å². The van der Waals surface area contributed by atoms with Crippen molar-refractivity contribution in [3.8, 4) is 6.01 Å². The van der Waals surface area contributed by atoms with Crippen LogP contribution in [-0.2, 0) is 17.1 Å². The summed E-state index contributed by atoms with van der Waals surface area (Å²) in [5, 5.41) is 4.13. The van der Waals surface area contributed by atoms with Gasteiger partial charge in [0, 0.05) is 32.6 Å². The van der Waals surface area contributed by atoms with Gasteiger partial charge >= 0.3 is 6.01 Å². The maximum Gasteiger partial charge on any atom is 0.314 e. The number of carbonyl (C=O) groups excluding carboxylic acids is 1. The van der Waals surface area contributed by atoms with E-state index in [1.807, 2.05) is 30.3 Å². The lowest BCUT2D eigenvalue weighted by molar-refractivity contribution is 0.0761. The molecular weight excluding hydrogens is 382 g/mol. The molecule has 10 heteroatoms. The van der Waals surface area contributed by atoms with Gasteiger partial charge in [-0.25, -0.2) is 13.1 Å². The Morgan fingerprint density at radius 1 is 1.18 bits per heavy atom. The van der Waals surface area contributed by atoms with Gasteiger partial charge in [-0.05, 0) is 11.5 Å². The maximum absolute atomic E-state index is 12.9. The Labute approximate surface area is 164 Å². The van der Waals surface area contributed by atoms with E-state index in [-0.39, 0.29) is 35.6 Å². The minimum Gasteiger partial charge on any atom is -0.467 e. The van der Waals surface area contributed by atoms with E-state index >= 15 is 0 Å². The van der Waals surface area contributed by atoms with E-state index in [0.29, 0.717) is 19.6 Å². The number of amides is 1. The number of aromatic nitrogens is 3. The van der Waals surface area contributed by atoms with Crippen molar-refractivity contribution >= 4 is 15.9 Å². The quantitative estimate of drug-likeness (QED) is 0.736. The fourth-order valence-corrected chi connectivity index (χ4v) is 5.51. The van der Waals surface area contributed by atoms with E-state index in [2.05, 4.69) is 10.1 Å². The average molecular weight is 405 g/mol. The van der Waals surface area contributed by atoms with E-state index < -0.39 is 10.0 Å². The second kappa shape index (κ2) is 6.85. The van der Waals surface area contributed by atoms with Gasteiger partial charge in [-0.1, -0.05) is 30.3 Å². The number of fused-ring (bicyclic) bond motifs is 1. The first-order valence-electron chi connectivity index (χ1n) is 9.05. The minimum absolute atomic E-state index is 0.0340. The van der Waals surface area contributed by atoms with Gasteiger partial charge in [-0.2, -0.15) is 9.29 Å². The lowest BCUT2D eigenvalue weighted by Crippen LogP contribution is -2.37. The number of hydrogen-bond donors (Lipinski definition) is 0. The summed E-state index contributed by atoms with van der Waals surface area (Å²) in [5.41, 5.74) is 0.951. The van der Waals surface area contributed by atoms with Crippen molar-refractivity contribution in [2.24, 2.45) is 18.9 Å². The van der Waals surface area contributed by atoms with Gasteiger partial charge in [-0.15, -0.1) is 5.10 Å². The van der Waals surface area contributed by atoms with Crippen LogP contribution in [0.4, 0.5) is 0 Å². The number of sulfonamides is 1. The predicted molar refractivity (Wildman–Crippen MR) is 101 cm³/mol. The Balaban J connectivity index is 1.60. The van der Waals surface area contributed by atoms with Crippen LogP contribution in [0.2, 0.25) is 0 Å². The monoisotopic (exact) mass is 405 g/mol. The Morgan fingerprint density at radius 2 is 1.89 bits per heavy atom. The summed E-state index contributed by atoms with van der Waals surface area (Å²) in [6.45, 7) is 1.36. The average Bonchev–Trinajstić information content (AvgIpc) is 3.33. The van der Waals surface area contributed by atoms with Crippen LogP contribution < -0.4 is 4.74 Å². The number of likely N-dealkylation sites (tertiary alicyclic amines) is 1. The molecule has 28 heavy (non-hydrogen) atoms. The van der Waals surface area contributed by atoms with Gasteiger partial charge in [0.2, 0.25) is 15.8 Å². The number of carbonyl (C=O) groups is 1. The summed E-state index contributed by atoms with van der Waals surface area (Å²) < 4.78 is 32.8. The first-order valence-corrected chi connectivity index (χ1v) is 10.9. The molecule has 1 aromatic carbocycles. The van der Waals surface area contributed by atoms with Crippen molar-refractivity contribution in [2.75, 3.05) is 33.0 Å². The molecule has 0 radical (unpaired) electrons. The Hall–Kier alpha value is -2.46. The third kappa shape index (κ3) is 3.16. The molecular formula is C18H23N5O4S. The second-order valence-corrected chi connectivity index (χ2v) is 9.30. The van der Waals surface area contributed by atoms with Gasteiger partial charge < -0.3 is 9.64 Å². The summed E-state index contributed by atoms with van der Waals surface area (Å²) in [7, 11) is -0.214. The molecule has 1 amide bonds. The molecule has 0 aliphatic carbocycles. The molecule has 9 nitrogen and oxygen atoms in total. The Kier molecular flexibility index (Phi) is 4.62. The lowest BCUT2D eigenvalue weighted by Gasteiger charge is -2.28. The van der Waals surface area contributed by atoms with E-state index in [1.165, 1.54) is 18.0 Å². The van der Waals surface area contributed by atoms with Crippen LogP contribution in [0, 0.1) is 11.8 Å². The first kappa shape index (κ1) is 18.9. The van der Waals surface area contributed by atoms with Gasteiger partial charge in [0.25, 0.3) is 5.91 Å². The molecule has 1 aromatic heterocycles. The highest BCUT2D eigenvalue weighted by atomic mass is 32.2. The molecule has 0 bridgehead atoms. The van der Waals surface area contributed by atoms with E-state index in [1.54, 1.807) is 16.3 Å². The van der Waals surface area contributed by atoms with Crippen molar-refractivity contribution in [1.29, 1.82) is 0 Å². The summed E-state index contributed by atoms with van der Waals surface area (Å²) in [6, 6.07) is 9.61. The number of hydrogen-bond acceptors (Lipinski definition) is 6. The molecule has 2 aromatic rings. The van der Waals surface area contributed by atoms with Crippen molar-refractivity contribution < 1.29 is 17.9 Å². The highest BCUT2D eigenvalue weighted by Crippen LogP contribution is 2.46. The van der Waals surface area contributed by atoms with Crippen molar-refractivity contribution in [3.05, 3.63) is 41.7 Å². The molecule has 2 saturated heterocycles. The fraction of sp³-hybridized carbons (Fsp3) is 0.500. The fourth-order valence-electron chi connectivity index (χ4n) is 4.36. The zero-order valence-corrected chi connectivity index (χ0v) is 16.8. The van der Waals surface area contributed by atoms with E-state index in [4.69, 9.17) is 4.74 Å². The third-order valence-corrected chi connectivity index (χ3v) is 6.80. The molecule has 0 spiro atoms. The normalized spacial score (nSPS) is 25.1. The Morgan fingerprint density at radius 3 is 2.50 bits per heavy atom. The van der Waals surface area contributed by atoms with Crippen molar-refractivity contribution in [1.82, 2.24) is 24.0 Å². The van der Waals surface area contributed by atoms with Crippen molar-refractivity contribution in [3.63, 3.8) is 0 Å². The zero-order chi connectivity index (χ0) is 20.1. The number of benzene rings is 1. The van der Waals surface area contributed by atoms with Gasteiger partial charge in [0.05, 0.1) is 19.4 Å². The van der Waals surface area contributed by atoms with Crippen LogP contribution in [0.3, 0.4) is 0 Å². The topological polar surface area (TPSA) is 97.6 Å². The van der Waals surface area contributed by atoms with Crippen molar-refractivity contribution in [2.45, 2.75) is 6.04 Å². The number of nitrogens with zero attached hydrogens (tertiary/aromatic N) is 5. The van der Waals surface area contributed by atoms with Gasteiger partial charge in [0.1, 0.15) is 0 Å². The zero-order valence-electron chi connectivity index (χ0n) is 16.0. The molecule has 2 fully saturated rings. The summed E-state index contributed by atoms with van der Waals surface area (Å²) in [5.74, 6) is -0.0530. The standard InChI is InChI=1S/C18H23N5O4S/c1-21-18(27-2)19-16(20-21)17(24)22-9-13-10-23(28(3,25)26)15(14(13)11-22)12-7-5-4-6-8-12/h4-8,13-15H,9-11H2,1-3H3/t13-,14-,15+/m1/s1. The van der Waals surface area contributed by atoms with Crippen LogP contribution in [0.1, 0.15) is 22.2 Å². The highest BCUT2D eigenvalue weighted by molar-refractivity contribution is 7.88. The van der Waals surface area contributed by atoms with Crippen LogP contribution in [0.15, 0.2) is 30.3 Å². The minimum atomic E-state index is -3.35. The van der Waals surface area contributed by atoms with Gasteiger partial charge in [0.15, 0.2) is 0 Å². The largest absolute Gasteiger partial charge is 0.467 e. The maximum atomic E-state index is 12.9. The van der Waals surface area contributed by atoms with Crippen LogP contribution in [0.5, 0.6) is 6.01 Å². The SMILES string of the molecule is COc1nc(C(=O)N2C[C@@H]3CN(S(C)(=O)=O)[C@@H](c4ccccc4)[C@@H]3C2)nn1C. The van der Waals surface area contributed by atoms with Crippen LogP contribution in [0.25, 0.3) is 0 Å². The first-order chi connectivity index (χ1) is 13.3. The number of rotatable bonds is 4. The third-order valence-electron chi connectivity index (χ3n) is 5.57. The molecule has 2 aliphatic rings. The molecule has 0 N–H and O–H groups in total. The molecule has 0 unspecified atom stereocenters. The summed E-state index contributed by atoms with van der Waals surface area (Å²) in [6.07, 6.45) is 1.25.